The Hall–Kier alpha value is -1.93. The number of carbonyl (C=O) groups excluding carboxylic acids is 1. The third kappa shape index (κ3) is 6.15. The highest BCUT2D eigenvalue weighted by atomic mass is 16.6. The summed E-state index contributed by atoms with van der Waals surface area (Å²) in [6.45, 7) is 10.7. The van der Waals surface area contributed by atoms with Crippen molar-refractivity contribution in [1.82, 2.24) is 0 Å². The Kier molecular flexibility index (Phi) is 9.49. The molecule has 0 saturated heterocycles. The lowest BCUT2D eigenvalue weighted by Gasteiger charge is -2.58. The molecule has 2 fully saturated rings. The molecular formula is C25H40O8. The summed E-state index contributed by atoms with van der Waals surface area (Å²) >= 11 is 0. The zero-order valence-corrected chi connectivity index (χ0v) is 20.2. The van der Waals surface area contributed by atoms with Crippen LogP contribution in [-0.4, -0.2) is 59.2 Å². The second-order valence-electron chi connectivity index (χ2n) is 10.3. The maximum Gasteiger partial charge on any atom is 0.336 e. The van der Waals surface area contributed by atoms with Gasteiger partial charge in [0.1, 0.15) is 5.92 Å². The van der Waals surface area contributed by atoms with E-state index in [0.717, 1.165) is 44.1 Å². The number of aliphatic carboxylic acids is 2. The Balaban J connectivity index is 2.27. The van der Waals surface area contributed by atoms with E-state index in [1.807, 2.05) is 6.92 Å². The molecule has 0 radical (unpaired) electrons. The first kappa shape index (κ1) is 27.3. The Morgan fingerprint density at radius 1 is 1.21 bits per heavy atom. The van der Waals surface area contributed by atoms with Crippen molar-refractivity contribution in [1.29, 1.82) is 0 Å². The number of esters is 1. The van der Waals surface area contributed by atoms with Gasteiger partial charge in [0.25, 0.3) is 0 Å². The second kappa shape index (κ2) is 11.5. The van der Waals surface area contributed by atoms with E-state index in [-0.39, 0.29) is 42.5 Å². The molecule has 33 heavy (non-hydrogen) atoms. The molecule has 0 aromatic carbocycles. The molecule has 188 valence electrons. The van der Waals surface area contributed by atoms with Crippen molar-refractivity contribution in [3.63, 3.8) is 0 Å². The van der Waals surface area contributed by atoms with Crippen LogP contribution in [0.1, 0.15) is 72.1 Å². The zero-order valence-electron chi connectivity index (χ0n) is 20.2. The summed E-state index contributed by atoms with van der Waals surface area (Å²) in [4.78, 5) is 35.9. The third-order valence-electron chi connectivity index (χ3n) is 8.00. The van der Waals surface area contributed by atoms with Crippen molar-refractivity contribution in [3.8, 4) is 0 Å². The van der Waals surface area contributed by atoms with Gasteiger partial charge in [0.05, 0.1) is 19.6 Å². The number of carboxylic acid groups (broad SMARTS) is 2. The van der Waals surface area contributed by atoms with E-state index in [1.54, 1.807) is 0 Å². The largest absolute Gasteiger partial charge is 0.481 e. The maximum atomic E-state index is 12.8. The fourth-order valence-corrected chi connectivity index (χ4v) is 6.04. The molecule has 2 aliphatic rings. The fourth-order valence-electron chi connectivity index (χ4n) is 6.04. The van der Waals surface area contributed by atoms with Crippen molar-refractivity contribution in [2.24, 2.45) is 28.6 Å². The molecule has 0 aliphatic heterocycles. The van der Waals surface area contributed by atoms with Gasteiger partial charge in [0.15, 0.2) is 6.10 Å². The summed E-state index contributed by atoms with van der Waals surface area (Å²) in [7, 11) is 0. The van der Waals surface area contributed by atoms with Crippen LogP contribution in [0.5, 0.6) is 0 Å². The Bertz CT molecular complexity index is 734. The third-order valence-corrected chi connectivity index (χ3v) is 8.00. The average Bonchev–Trinajstić information content (AvgIpc) is 2.74. The summed E-state index contributed by atoms with van der Waals surface area (Å²) in [5, 5.41) is 29.0. The highest BCUT2D eigenvalue weighted by Crippen LogP contribution is 2.60. The van der Waals surface area contributed by atoms with Crippen LogP contribution in [-0.2, 0) is 23.9 Å². The molecule has 0 heterocycles. The van der Waals surface area contributed by atoms with Gasteiger partial charge in [-0.1, -0.05) is 45.8 Å². The number of unbranched alkanes of at least 4 members (excludes halogenated alkanes) is 1. The minimum atomic E-state index is -1.55. The second-order valence-corrected chi connectivity index (χ2v) is 10.3. The predicted molar refractivity (Wildman–Crippen MR) is 121 cm³/mol. The highest BCUT2D eigenvalue weighted by molar-refractivity contribution is 5.86. The number of fused-ring (bicyclic) bond motifs is 1. The van der Waals surface area contributed by atoms with Crippen LogP contribution in [0.25, 0.3) is 0 Å². The summed E-state index contributed by atoms with van der Waals surface area (Å²) in [6.07, 6.45) is 3.66. The fraction of sp³-hybridized carbons (Fsp3) is 0.800. The summed E-state index contributed by atoms with van der Waals surface area (Å²) < 4.78 is 11.2. The predicted octanol–water partition coefficient (Wildman–Crippen LogP) is 3.66. The number of carboxylic acids is 2. The van der Waals surface area contributed by atoms with Crippen molar-refractivity contribution in [2.45, 2.75) is 78.2 Å². The van der Waals surface area contributed by atoms with Gasteiger partial charge in [-0.15, -0.1) is 0 Å². The van der Waals surface area contributed by atoms with E-state index < -0.39 is 36.4 Å². The van der Waals surface area contributed by atoms with Crippen molar-refractivity contribution in [3.05, 3.63) is 12.2 Å². The van der Waals surface area contributed by atoms with E-state index in [1.165, 1.54) is 0 Å². The lowest BCUT2D eigenvalue weighted by Crippen LogP contribution is -2.53. The van der Waals surface area contributed by atoms with Crippen LogP contribution in [0.4, 0.5) is 0 Å². The summed E-state index contributed by atoms with van der Waals surface area (Å²) in [5.41, 5.74) is 0.559. The number of rotatable bonds is 12. The summed E-state index contributed by atoms with van der Waals surface area (Å²) in [5.74, 6) is -5.01. The molecule has 2 aliphatic carbocycles. The molecule has 8 heteroatoms. The molecule has 0 aromatic heterocycles. The Labute approximate surface area is 196 Å². The first-order valence-electron chi connectivity index (χ1n) is 12.0. The maximum absolute atomic E-state index is 12.8. The van der Waals surface area contributed by atoms with E-state index in [9.17, 15) is 29.7 Å². The van der Waals surface area contributed by atoms with E-state index in [0.29, 0.717) is 6.42 Å². The van der Waals surface area contributed by atoms with Crippen LogP contribution in [0.3, 0.4) is 0 Å². The molecule has 6 unspecified atom stereocenters. The molecule has 0 aromatic rings. The van der Waals surface area contributed by atoms with Crippen LogP contribution in [0.2, 0.25) is 0 Å². The van der Waals surface area contributed by atoms with Crippen molar-refractivity contribution >= 4 is 17.9 Å². The van der Waals surface area contributed by atoms with Gasteiger partial charge in [0.2, 0.25) is 0 Å². The molecule has 3 N–H and O–H groups in total. The molecule has 8 nitrogen and oxygen atoms in total. The molecule has 2 rings (SSSR count). The smallest absolute Gasteiger partial charge is 0.336 e. The van der Waals surface area contributed by atoms with Crippen LogP contribution < -0.4 is 0 Å². The van der Waals surface area contributed by atoms with Gasteiger partial charge < -0.3 is 24.8 Å². The van der Waals surface area contributed by atoms with Gasteiger partial charge in [-0.25, -0.2) is 4.79 Å². The molecular weight excluding hydrogens is 428 g/mol. The van der Waals surface area contributed by atoms with E-state index in [2.05, 4.69) is 20.4 Å². The Morgan fingerprint density at radius 3 is 2.48 bits per heavy atom. The van der Waals surface area contributed by atoms with Gasteiger partial charge in [-0.05, 0) is 48.9 Å². The first-order chi connectivity index (χ1) is 15.5. The molecule has 0 bridgehead atoms. The lowest BCUT2D eigenvalue weighted by molar-refractivity contribution is -0.175. The molecule has 0 amide bonds. The minimum Gasteiger partial charge on any atom is -0.481 e. The number of carbonyl (C=O) groups is 3. The zero-order chi connectivity index (χ0) is 24.8. The monoisotopic (exact) mass is 468 g/mol. The lowest BCUT2D eigenvalue weighted by atomic mass is 9.47. The first-order valence-corrected chi connectivity index (χ1v) is 12.0. The average molecular weight is 469 g/mol. The Morgan fingerprint density at radius 2 is 1.91 bits per heavy atom. The highest BCUT2D eigenvalue weighted by Gasteiger charge is 2.54. The molecule has 2 saturated carbocycles. The molecule has 6 atom stereocenters. The number of hydrogen-bond acceptors (Lipinski definition) is 6. The molecule has 0 spiro atoms. The number of aliphatic hydroxyl groups is 1. The van der Waals surface area contributed by atoms with E-state index in [4.69, 9.17) is 9.47 Å². The normalized spacial score (nSPS) is 31.3. The summed E-state index contributed by atoms with van der Waals surface area (Å²) in [6, 6.07) is 0. The van der Waals surface area contributed by atoms with Crippen molar-refractivity contribution in [2.75, 3.05) is 19.8 Å². The standard InChI is InChI=1S/C25H40O8/c1-5-6-12-32-23(31)21(17(22(29)30)13-20(27)28)33-14-18-16(2)8-9-19-24(3,15-26)10-7-11-25(18,19)4/h17-19,21,26H,2,5-15H2,1,3-4H3,(H,27,28)(H,29,30). The van der Waals surface area contributed by atoms with Gasteiger partial charge in [-0.3, -0.25) is 9.59 Å². The van der Waals surface area contributed by atoms with E-state index >= 15 is 0 Å². The van der Waals surface area contributed by atoms with Crippen molar-refractivity contribution < 1.29 is 39.2 Å². The number of hydrogen-bond donors (Lipinski definition) is 3. The number of aliphatic hydroxyl groups excluding tert-OH is 1. The SMILES string of the molecule is C=C1CCC2C(C)(CO)CCCC2(C)C1COC(C(=O)OCCCC)C(CC(=O)O)C(=O)O. The van der Waals surface area contributed by atoms with Gasteiger partial charge in [-0.2, -0.15) is 0 Å². The van der Waals surface area contributed by atoms with Crippen LogP contribution in [0, 0.1) is 28.6 Å². The minimum absolute atomic E-state index is 0.0598. The quantitative estimate of drug-likeness (QED) is 0.225. The van der Waals surface area contributed by atoms with Crippen LogP contribution in [0.15, 0.2) is 12.2 Å². The van der Waals surface area contributed by atoms with Gasteiger partial charge in [0, 0.05) is 12.5 Å². The van der Waals surface area contributed by atoms with Crippen LogP contribution >= 0.6 is 0 Å². The van der Waals surface area contributed by atoms with Gasteiger partial charge >= 0.3 is 17.9 Å². The number of ether oxygens (including phenoxy) is 2. The topological polar surface area (TPSA) is 130 Å².